The van der Waals surface area contributed by atoms with Gasteiger partial charge in [-0.25, -0.2) is 4.98 Å². The van der Waals surface area contributed by atoms with Gasteiger partial charge in [0.15, 0.2) is 6.10 Å². The highest BCUT2D eigenvalue weighted by Crippen LogP contribution is 2.24. The van der Waals surface area contributed by atoms with Gasteiger partial charge in [-0.2, -0.15) is 13.2 Å². The summed E-state index contributed by atoms with van der Waals surface area (Å²) in [5.41, 5.74) is 0. The molecule has 0 spiro atoms. The van der Waals surface area contributed by atoms with Crippen LogP contribution in [-0.2, 0) is 0 Å². The molecule has 0 bridgehead atoms. The van der Waals surface area contributed by atoms with Gasteiger partial charge < -0.3 is 9.84 Å². The molecule has 1 rings (SSSR count). The van der Waals surface area contributed by atoms with E-state index < -0.39 is 12.3 Å². The van der Waals surface area contributed by atoms with Gasteiger partial charge in [0, 0.05) is 12.3 Å². The Balaban J connectivity index is 2.70. The first-order valence-corrected chi connectivity index (χ1v) is 3.78. The first-order chi connectivity index (χ1) is 6.39. The number of alkyl halides is 3. The van der Waals surface area contributed by atoms with Crippen LogP contribution in [0.5, 0.6) is 11.6 Å². The summed E-state index contributed by atoms with van der Waals surface area (Å²) in [6.07, 6.45) is -5.22. The van der Waals surface area contributed by atoms with Gasteiger partial charge in [-0.15, -0.1) is 0 Å². The smallest absolute Gasteiger partial charge is 0.425 e. The summed E-state index contributed by atoms with van der Waals surface area (Å²) in [7, 11) is 0. The largest absolute Gasteiger partial charge is 0.508 e. The third-order valence-corrected chi connectivity index (χ3v) is 1.48. The van der Waals surface area contributed by atoms with Crippen LogP contribution in [0.2, 0.25) is 0 Å². The summed E-state index contributed by atoms with van der Waals surface area (Å²) in [6, 6.07) is 2.26. The minimum Gasteiger partial charge on any atom is -0.508 e. The Bertz CT molecular complexity index is 314. The van der Waals surface area contributed by atoms with Crippen molar-refractivity contribution in [1.82, 2.24) is 4.98 Å². The number of hydrogen-bond donors (Lipinski definition) is 1. The van der Waals surface area contributed by atoms with Crippen LogP contribution < -0.4 is 4.74 Å². The summed E-state index contributed by atoms with van der Waals surface area (Å²) in [6.45, 7) is 0.867. The summed E-state index contributed by atoms with van der Waals surface area (Å²) in [4.78, 5) is 3.51. The summed E-state index contributed by atoms with van der Waals surface area (Å²) in [5.74, 6) is -0.445. The van der Waals surface area contributed by atoms with Crippen LogP contribution in [0.3, 0.4) is 0 Å². The van der Waals surface area contributed by atoms with E-state index in [1.165, 1.54) is 6.07 Å². The van der Waals surface area contributed by atoms with Crippen LogP contribution >= 0.6 is 0 Å². The Morgan fingerprint density at radius 2 is 2.14 bits per heavy atom. The van der Waals surface area contributed by atoms with Crippen LogP contribution in [0.4, 0.5) is 13.2 Å². The number of aromatic nitrogens is 1. The lowest BCUT2D eigenvalue weighted by molar-refractivity contribution is -0.190. The highest BCUT2D eigenvalue weighted by atomic mass is 19.4. The van der Waals surface area contributed by atoms with Gasteiger partial charge in [0.2, 0.25) is 5.88 Å². The molecular formula is C8H8F3NO2. The van der Waals surface area contributed by atoms with Crippen molar-refractivity contribution in [2.24, 2.45) is 0 Å². The van der Waals surface area contributed by atoms with Gasteiger partial charge in [0.1, 0.15) is 5.75 Å². The number of ether oxygens (including phenoxy) is 1. The van der Waals surface area contributed by atoms with Crippen molar-refractivity contribution in [2.75, 3.05) is 0 Å². The van der Waals surface area contributed by atoms with E-state index in [9.17, 15) is 13.2 Å². The van der Waals surface area contributed by atoms with E-state index in [1.807, 2.05) is 0 Å². The van der Waals surface area contributed by atoms with Crippen molar-refractivity contribution < 1.29 is 23.0 Å². The molecule has 1 heterocycles. The molecule has 14 heavy (non-hydrogen) atoms. The molecule has 0 fully saturated rings. The molecule has 0 aliphatic rings. The highest BCUT2D eigenvalue weighted by molar-refractivity contribution is 5.24. The fraction of sp³-hybridized carbons (Fsp3) is 0.375. The molecule has 6 heteroatoms. The third kappa shape index (κ3) is 2.79. The zero-order valence-corrected chi connectivity index (χ0v) is 7.25. The predicted octanol–water partition coefficient (Wildman–Crippen LogP) is 2.12. The molecule has 0 amide bonds. The van der Waals surface area contributed by atoms with Crippen molar-refractivity contribution in [3.8, 4) is 11.6 Å². The quantitative estimate of drug-likeness (QED) is 0.807. The Morgan fingerprint density at radius 3 is 2.64 bits per heavy atom. The van der Waals surface area contributed by atoms with E-state index in [0.29, 0.717) is 0 Å². The van der Waals surface area contributed by atoms with Crippen molar-refractivity contribution in [3.63, 3.8) is 0 Å². The topological polar surface area (TPSA) is 42.4 Å². The van der Waals surface area contributed by atoms with Gasteiger partial charge in [-0.3, -0.25) is 0 Å². The van der Waals surface area contributed by atoms with Crippen LogP contribution in [0, 0.1) is 0 Å². The van der Waals surface area contributed by atoms with Crippen LogP contribution in [0.15, 0.2) is 18.3 Å². The lowest BCUT2D eigenvalue weighted by Crippen LogP contribution is -2.31. The Hall–Kier alpha value is -1.46. The monoisotopic (exact) mass is 207 g/mol. The molecule has 1 atom stereocenters. The summed E-state index contributed by atoms with van der Waals surface area (Å²) < 4.78 is 40.5. The van der Waals surface area contributed by atoms with Gasteiger partial charge >= 0.3 is 6.18 Å². The Labute approximate surface area is 78.2 Å². The fourth-order valence-electron chi connectivity index (χ4n) is 0.711. The highest BCUT2D eigenvalue weighted by Gasteiger charge is 2.38. The minimum absolute atomic E-state index is 0.190. The van der Waals surface area contributed by atoms with Gasteiger partial charge in [-0.1, -0.05) is 0 Å². The van der Waals surface area contributed by atoms with Crippen molar-refractivity contribution in [1.29, 1.82) is 0 Å². The summed E-state index contributed by atoms with van der Waals surface area (Å²) >= 11 is 0. The number of pyridine rings is 1. The molecule has 0 aromatic carbocycles. The predicted molar refractivity (Wildman–Crippen MR) is 42.0 cm³/mol. The lowest BCUT2D eigenvalue weighted by Gasteiger charge is -2.16. The molecule has 0 radical (unpaired) electrons. The van der Waals surface area contributed by atoms with Gasteiger partial charge in [-0.05, 0) is 13.0 Å². The maximum Gasteiger partial charge on any atom is 0.425 e. The SMILES string of the molecule is CC(Oc1cc(O)ccn1)C(F)(F)F. The van der Waals surface area contributed by atoms with Crippen LogP contribution in [-0.4, -0.2) is 22.4 Å². The van der Waals surface area contributed by atoms with Crippen molar-refractivity contribution in [2.45, 2.75) is 19.2 Å². The molecule has 1 N–H and O–H groups in total. The molecule has 0 saturated carbocycles. The van der Waals surface area contributed by atoms with Gasteiger partial charge in [0.25, 0.3) is 0 Å². The maximum absolute atomic E-state index is 12.0. The standard InChI is InChI=1S/C8H8F3NO2/c1-5(8(9,10)11)14-7-4-6(13)2-3-12-7/h2-5H,1H3,(H,12,13). The number of rotatable bonds is 2. The molecule has 1 unspecified atom stereocenters. The second-order valence-electron chi connectivity index (χ2n) is 2.65. The number of halogens is 3. The molecular weight excluding hydrogens is 199 g/mol. The van der Waals surface area contributed by atoms with Gasteiger partial charge in [0.05, 0.1) is 0 Å². The number of aromatic hydroxyl groups is 1. The second kappa shape index (κ2) is 3.73. The molecule has 0 aliphatic carbocycles. The second-order valence-corrected chi connectivity index (χ2v) is 2.65. The molecule has 0 saturated heterocycles. The van der Waals surface area contributed by atoms with E-state index in [1.54, 1.807) is 0 Å². The average molecular weight is 207 g/mol. The lowest BCUT2D eigenvalue weighted by atomic mass is 10.4. The van der Waals surface area contributed by atoms with E-state index in [4.69, 9.17) is 5.11 Å². The van der Waals surface area contributed by atoms with E-state index in [0.717, 1.165) is 19.2 Å². The molecule has 3 nitrogen and oxygen atoms in total. The Morgan fingerprint density at radius 1 is 1.50 bits per heavy atom. The minimum atomic E-state index is -4.44. The first-order valence-electron chi connectivity index (χ1n) is 3.78. The van der Waals surface area contributed by atoms with Crippen LogP contribution in [0.1, 0.15) is 6.92 Å². The molecule has 1 aromatic heterocycles. The fourth-order valence-corrected chi connectivity index (χ4v) is 0.711. The van der Waals surface area contributed by atoms with E-state index in [2.05, 4.69) is 9.72 Å². The van der Waals surface area contributed by atoms with E-state index >= 15 is 0 Å². The number of hydrogen-bond acceptors (Lipinski definition) is 3. The first kappa shape index (κ1) is 10.6. The third-order valence-electron chi connectivity index (χ3n) is 1.48. The van der Waals surface area contributed by atoms with Crippen LogP contribution in [0.25, 0.3) is 0 Å². The average Bonchev–Trinajstić information content (AvgIpc) is 2.02. The zero-order valence-electron chi connectivity index (χ0n) is 7.25. The zero-order chi connectivity index (χ0) is 10.8. The maximum atomic E-state index is 12.0. The molecule has 78 valence electrons. The molecule has 0 aliphatic heterocycles. The van der Waals surface area contributed by atoms with Crippen molar-refractivity contribution in [3.05, 3.63) is 18.3 Å². The van der Waals surface area contributed by atoms with E-state index in [-0.39, 0.29) is 11.6 Å². The normalized spacial score (nSPS) is 13.7. The summed E-state index contributed by atoms with van der Waals surface area (Å²) in [5, 5.41) is 8.93. The Kier molecular flexibility index (Phi) is 2.83. The van der Waals surface area contributed by atoms with Crippen molar-refractivity contribution >= 4 is 0 Å². The number of nitrogens with zero attached hydrogens (tertiary/aromatic N) is 1. The molecule has 1 aromatic rings.